The van der Waals surface area contributed by atoms with E-state index in [0.717, 1.165) is 24.5 Å². The predicted molar refractivity (Wildman–Crippen MR) is 93.3 cm³/mol. The van der Waals surface area contributed by atoms with Gasteiger partial charge < -0.3 is 0 Å². The summed E-state index contributed by atoms with van der Waals surface area (Å²) in [4.78, 5) is 40.9. The zero-order valence-electron chi connectivity index (χ0n) is 14.5. The van der Waals surface area contributed by atoms with Gasteiger partial charge >= 0.3 is 0 Å². The monoisotopic (exact) mass is 354 g/mol. The standard InChI is InChI=1S/C16H18N8O2/c1-9-7-13(25)23-15(17-9)19-11(21-23)5-3-4-6-12-20-16-18-10(2)8-14(26)24(16)22-12/h7-8H,3-6H2,1-2H3,(H,17,19,21)(H,18,20,22). The number of nitrogens with one attached hydrogen (secondary N) is 2. The lowest BCUT2D eigenvalue weighted by Gasteiger charge is -1.96. The molecule has 4 heterocycles. The highest BCUT2D eigenvalue weighted by molar-refractivity contribution is 5.28. The molecule has 10 heteroatoms. The molecule has 0 saturated carbocycles. The van der Waals surface area contributed by atoms with E-state index < -0.39 is 0 Å². The number of aromatic nitrogens is 8. The highest BCUT2D eigenvalue weighted by Gasteiger charge is 2.08. The van der Waals surface area contributed by atoms with Gasteiger partial charge in [0.1, 0.15) is 11.6 Å². The van der Waals surface area contributed by atoms with Crippen LogP contribution >= 0.6 is 0 Å². The number of aromatic amines is 2. The van der Waals surface area contributed by atoms with Crippen LogP contribution in [0.1, 0.15) is 35.9 Å². The van der Waals surface area contributed by atoms with Crippen molar-refractivity contribution in [3.05, 3.63) is 55.9 Å². The SMILES string of the molecule is Cc1cc(=O)n2[nH]c(CCCCc3nc4nc(C)cc(=O)n4[nH]3)nc2n1. The topological polar surface area (TPSA) is 126 Å². The quantitative estimate of drug-likeness (QED) is 0.497. The minimum Gasteiger partial charge on any atom is -0.275 e. The Morgan fingerprint density at radius 1 is 0.769 bits per heavy atom. The number of H-pyrrole nitrogens is 2. The number of rotatable bonds is 5. The molecule has 0 aliphatic heterocycles. The molecule has 0 radical (unpaired) electrons. The van der Waals surface area contributed by atoms with Gasteiger partial charge in [0.2, 0.25) is 0 Å². The number of hydrogen-bond donors (Lipinski definition) is 2. The van der Waals surface area contributed by atoms with Crippen LogP contribution in [0.4, 0.5) is 0 Å². The van der Waals surface area contributed by atoms with Gasteiger partial charge in [-0.3, -0.25) is 19.8 Å². The van der Waals surface area contributed by atoms with E-state index in [9.17, 15) is 9.59 Å². The van der Waals surface area contributed by atoms with Crippen molar-refractivity contribution in [2.45, 2.75) is 39.5 Å². The normalized spacial score (nSPS) is 11.6. The van der Waals surface area contributed by atoms with E-state index in [1.54, 1.807) is 13.8 Å². The molecule has 4 aromatic rings. The minimum atomic E-state index is -0.165. The molecule has 0 aliphatic rings. The van der Waals surface area contributed by atoms with Crippen molar-refractivity contribution < 1.29 is 0 Å². The lowest BCUT2D eigenvalue weighted by molar-refractivity contribution is 0.682. The molecule has 4 rings (SSSR count). The van der Waals surface area contributed by atoms with Crippen LogP contribution in [-0.2, 0) is 12.8 Å². The summed E-state index contributed by atoms with van der Waals surface area (Å²) in [6.07, 6.45) is 3.09. The van der Waals surface area contributed by atoms with Crippen LogP contribution in [0.25, 0.3) is 11.6 Å². The highest BCUT2D eigenvalue weighted by Crippen LogP contribution is 2.06. The maximum Gasteiger partial charge on any atom is 0.274 e. The minimum absolute atomic E-state index is 0.165. The molecule has 0 spiro atoms. The molecule has 0 unspecified atom stereocenters. The van der Waals surface area contributed by atoms with Gasteiger partial charge in [-0.05, 0) is 26.7 Å². The van der Waals surface area contributed by atoms with Crippen LogP contribution < -0.4 is 11.1 Å². The van der Waals surface area contributed by atoms with Gasteiger partial charge in [0, 0.05) is 36.4 Å². The van der Waals surface area contributed by atoms with Gasteiger partial charge in [-0.1, -0.05) is 0 Å². The summed E-state index contributed by atoms with van der Waals surface area (Å²) in [5.74, 6) is 2.22. The molecule has 4 aromatic heterocycles. The van der Waals surface area contributed by atoms with E-state index in [-0.39, 0.29) is 11.1 Å². The van der Waals surface area contributed by atoms with E-state index in [4.69, 9.17) is 0 Å². The molecule has 0 saturated heterocycles. The Hall–Kier alpha value is -3.30. The van der Waals surface area contributed by atoms with Crippen LogP contribution in [0.15, 0.2) is 21.7 Å². The second kappa shape index (κ2) is 6.21. The van der Waals surface area contributed by atoms with E-state index in [2.05, 4.69) is 30.1 Å². The summed E-state index contributed by atoms with van der Waals surface area (Å²) in [6.45, 7) is 3.54. The van der Waals surface area contributed by atoms with Gasteiger partial charge in [0.05, 0.1) is 0 Å². The molecule has 0 amide bonds. The summed E-state index contributed by atoms with van der Waals surface area (Å²) in [5.41, 5.74) is 0.970. The van der Waals surface area contributed by atoms with Gasteiger partial charge in [0.25, 0.3) is 22.7 Å². The summed E-state index contributed by atoms with van der Waals surface area (Å²) in [5, 5.41) is 5.95. The first-order valence-corrected chi connectivity index (χ1v) is 8.40. The molecule has 0 aliphatic carbocycles. The second-order valence-electron chi connectivity index (χ2n) is 6.29. The van der Waals surface area contributed by atoms with Crippen molar-refractivity contribution in [3.63, 3.8) is 0 Å². The average molecular weight is 354 g/mol. The first-order valence-electron chi connectivity index (χ1n) is 8.40. The van der Waals surface area contributed by atoms with Gasteiger partial charge in [-0.25, -0.2) is 9.97 Å². The maximum atomic E-state index is 11.9. The molecule has 0 atom stereocenters. The molecule has 0 aromatic carbocycles. The Labute approximate surface area is 146 Å². The Balaban J connectivity index is 1.41. The fourth-order valence-electron chi connectivity index (χ4n) is 2.88. The number of fused-ring (bicyclic) bond motifs is 2. The van der Waals surface area contributed by atoms with Crippen molar-refractivity contribution in [2.75, 3.05) is 0 Å². The van der Waals surface area contributed by atoms with Crippen LogP contribution in [0, 0.1) is 13.8 Å². The van der Waals surface area contributed by atoms with Crippen molar-refractivity contribution >= 4 is 11.6 Å². The smallest absolute Gasteiger partial charge is 0.274 e. The molecular weight excluding hydrogens is 336 g/mol. The Morgan fingerprint density at radius 2 is 1.19 bits per heavy atom. The third-order valence-electron chi connectivity index (χ3n) is 4.09. The first-order chi connectivity index (χ1) is 12.5. The molecule has 10 nitrogen and oxygen atoms in total. The van der Waals surface area contributed by atoms with Gasteiger partial charge in [0.15, 0.2) is 0 Å². The third-order valence-corrected chi connectivity index (χ3v) is 4.09. The fourth-order valence-corrected chi connectivity index (χ4v) is 2.88. The van der Waals surface area contributed by atoms with E-state index in [1.807, 2.05) is 0 Å². The van der Waals surface area contributed by atoms with Crippen LogP contribution in [0.5, 0.6) is 0 Å². The number of unbranched alkanes of at least 4 members (excludes halogenated alkanes) is 1. The molecule has 2 N–H and O–H groups in total. The van der Waals surface area contributed by atoms with Crippen LogP contribution in [-0.4, -0.2) is 39.2 Å². The number of nitrogens with zero attached hydrogens (tertiary/aromatic N) is 6. The predicted octanol–water partition coefficient (Wildman–Crippen LogP) is 0.331. The van der Waals surface area contributed by atoms with Gasteiger partial charge in [-0.2, -0.15) is 19.0 Å². The summed E-state index contributed by atoms with van der Waals surface area (Å²) in [6, 6.07) is 2.93. The Bertz CT molecular complexity index is 1120. The average Bonchev–Trinajstić information content (AvgIpc) is 3.15. The van der Waals surface area contributed by atoms with Crippen LogP contribution in [0.3, 0.4) is 0 Å². The zero-order valence-corrected chi connectivity index (χ0v) is 14.5. The van der Waals surface area contributed by atoms with Crippen molar-refractivity contribution in [3.8, 4) is 0 Å². The summed E-state index contributed by atoms with van der Waals surface area (Å²) < 4.78 is 2.70. The number of aryl methyl sites for hydroxylation is 4. The molecule has 26 heavy (non-hydrogen) atoms. The highest BCUT2D eigenvalue weighted by atomic mass is 16.1. The lowest BCUT2D eigenvalue weighted by Crippen LogP contribution is -2.14. The van der Waals surface area contributed by atoms with Crippen molar-refractivity contribution in [1.82, 2.24) is 39.2 Å². The molecule has 0 bridgehead atoms. The molecule has 134 valence electrons. The van der Waals surface area contributed by atoms with Crippen LogP contribution in [0.2, 0.25) is 0 Å². The lowest BCUT2D eigenvalue weighted by atomic mass is 10.2. The third kappa shape index (κ3) is 3.01. The Kier molecular flexibility index (Phi) is 3.86. The zero-order chi connectivity index (χ0) is 18.3. The fraction of sp³-hybridized carbons (Fsp3) is 0.375. The van der Waals surface area contributed by atoms with E-state index >= 15 is 0 Å². The molecular formula is C16H18N8O2. The largest absolute Gasteiger partial charge is 0.275 e. The first kappa shape index (κ1) is 16.2. The number of hydrogen-bond acceptors (Lipinski definition) is 6. The van der Waals surface area contributed by atoms with Crippen molar-refractivity contribution in [2.24, 2.45) is 0 Å². The van der Waals surface area contributed by atoms with E-state index in [0.29, 0.717) is 35.8 Å². The Morgan fingerprint density at radius 3 is 1.62 bits per heavy atom. The van der Waals surface area contributed by atoms with E-state index in [1.165, 1.54) is 21.2 Å². The molecule has 0 fully saturated rings. The maximum absolute atomic E-state index is 11.9. The summed E-state index contributed by atoms with van der Waals surface area (Å²) >= 11 is 0. The van der Waals surface area contributed by atoms with Crippen molar-refractivity contribution in [1.29, 1.82) is 0 Å². The summed E-state index contributed by atoms with van der Waals surface area (Å²) in [7, 11) is 0. The second-order valence-corrected chi connectivity index (χ2v) is 6.29. The van der Waals surface area contributed by atoms with Gasteiger partial charge in [-0.15, -0.1) is 0 Å².